The SMILES string of the molecule is CC1CC(C)CN(C(=O)COC(=O)Cn2cnc3ccccc32)C1. The van der Waals surface area contributed by atoms with Crippen molar-refractivity contribution >= 4 is 22.9 Å². The van der Waals surface area contributed by atoms with Crippen LogP contribution in [-0.4, -0.2) is 46.0 Å². The quantitative estimate of drug-likeness (QED) is 0.806. The van der Waals surface area contributed by atoms with Gasteiger partial charge < -0.3 is 14.2 Å². The van der Waals surface area contributed by atoms with Gasteiger partial charge in [0, 0.05) is 13.1 Å². The molecule has 1 saturated heterocycles. The Hall–Kier alpha value is -2.37. The van der Waals surface area contributed by atoms with Gasteiger partial charge in [0.25, 0.3) is 5.91 Å². The summed E-state index contributed by atoms with van der Waals surface area (Å²) in [5.41, 5.74) is 1.71. The summed E-state index contributed by atoms with van der Waals surface area (Å²) in [5.74, 6) is 0.443. The van der Waals surface area contributed by atoms with E-state index < -0.39 is 5.97 Å². The van der Waals surface area contributed by atoms with Crippen molar-refractivity contribution in [3.8, 4) is 0 Å². The summed E-state index contributed by atoms with van der Waals surface area (Å²) in [4.78, 5) is 30.3. The summed E-state index contributed by atoms with van der Waals surface area (Å²) in [6.45, 7) is 5.64. The Balaban J connectivity index is 1.53. The van der Waals surface area contributed by atoms with E-state index in [1.807, 2.05) is 24.3 Å². The Morgan fingerprint density at radius 1 is 1.21 bits per heavy atom. The second-order valence-electron chi connectivity index (χ2n) is 6.77. The molecule has 1 fully saturated rings. The fourth-order valence-corrected chi connectivity index (χ4v) is 3.42. The first-order valence-corrected chi connectivity index (χ1v) is 8.36. The maximum atomic E-state index is 12.2. The molecule has 0 saturated carbocycles. The van der Waals surface area contributed by atoms with Crippen molar-refractivity contribution in [2.75, 3.05) is 19.7 Å². The van der Waals surface area contributed by atoms with E-state index >= 15 is 0 Å². The third kappa shape index (κ3) is 3.75. The number of aromatic nitrogens is 2. The Kier molecular flexibility index (Phi) is 4.83. The monoisotopic (exact) mass is 329 g/mol. The third-order valence-electron chi connectivity index (χ3n) is 4.41. The average molecular weight is 329 g/mol. The summed E-state index contributed by atoms with van der Waals surface area (Å²) in [6.07, 6.45) is 2.75. The topological polar surface area (TPSA) is 64.4 Å². The minimum Gasteiger partial charge on any atom is -0.454 e. The van der Waals surface area contributed by atoms with Crippen LogP contribution in [0.25, 0.3) is 11.0 Å². The molecule has 2 aromatic rings. The summed E-state index contributed by atoms with van der Waals surface area (Å²) < 4.78 is 6.90. The number of ether oxygens (including phenoxy) is 1. The minimum absolute atomic E-state index is 0.0561. The summed E-state index contributed by atoms with van der Waals surface area (Å²) in [6, 6.07) is 7.59. The number of para-hydroxylation sites is 2. The van der Waals surface area contributed by atoms with Crippen LogP contribution in [0.1, 0.15) is 20.3 Å². The first kappa shape index (κ1) is 16.5. The van der Waals surface area contributed by atoms with E-state index in [2.05, 4.69) is 18.8 Å². The Bertz CT molecular complexity index is 730. The van der Waals surface area contributed by atoms with Crippen molar-refractivity contribution in [1.82, 2.24) is 14.5 Å². The molecular weight excluding hydrogens is 306 g/mol. The van der Waals surface area contributed by atoms with Crippen LogP contribution >= 0.6 is 0 Å². The number of nitrogens with zero attached hydrogens (tertiary/aromatic N) is 3. The van der Waals surface area contributed by atoms with Crippen LogP contribution in [0.15, 0.2) is 30.6 Å². The highest BCUT2D eigenvalue weighted by molar-refractivity contribution is 5.82. The number of amides is 1. The maximum Gasteiger partial charge on any atom is 0.326 e. The number of benzene rings is 1. The zero-order chi connectivity index (χ0) is 17.1. The highest BCUT2D eigenvalue weighted by Crippen LogP contribution is 2.21. The van der Waals surface area contributed by atoms with Crippen molar-refractivity contribution in [2.24, 2.45) is 11.8 Å². The average Bonchev–Trinajstić information content (AvgIpc) is 2.95. The molecule has 0 radical (unpaired) electrons. The molecular formula is C18H23N3O3. The predicted octanol–water partition coefficient (Wildman–Crippen LogP) is 2.08. The number of piperidine rings is 1. The van der Waals surface area contributed by atoms with E-state index in [0.29, 0.717) is 11.8 Å². The van der Waals surface area contributed by atoms with Gasteiger partial charge in [-0.2, -0.15) is 0 Å². The number of carbonyl (C=O) groups is 2. The second kappa shape index (κ2) is 7.03. The number of hydrogen-bond donors (Lipinski definition) is 0. The fraction of sp³-hybridized carbons (Fsp3) is 0.500. The van der Waals surface area contributed by atoms with Gasteiger partial charge in [-0.3, -0.25) is 9.59 Å². The molecule has 3 rings (SSSR count). The van der Waals surface area contributed by atoms with E-state index in [0.717, 1.165) is 30.5 Å². The molecule has 0 spiro atoms. The number of fused-ring (bicyclic) bond motifs is 1. The van der Waals surface area contributed by atoms with Gasteiger partial charge >= 0.3 is 5.97 Å². The molecule has 1 amide bonds. The van der Waals surface area contributed by atoms with Gasteiger partial charge in [0.1, 0.15) is 6.54 Å². The minimum atomic E-state index is -0.426. The smallest absolute Gasteiger partial charge is 0.326 e. The van der Waals surface area contributed by atoms with Gasteiger partial charge in [-0.05, 0) is 30.4 Å². The second-order valence-corrected chi connectivity index (χ2v) is 6.77. The van der Waals surface area contributed by atoms with E-state index in [1.54, 1.807) is 15.8 Å². The number of rotatable bonds is 4. The Morgan fingerprint density at radius 3 is 2.67 bits per heavy atom. The van der Waals surface area contributed by atoms with Crippen molar-refractivity contribution in [3.05, 3.63) is 30.6 Å². The normalized spacial score (nSPS) is 21.0. The lowest BCUT2D eigenvalue weighted by atomic mass is 9.92. The first-order valence-electron chi connectivity index (χ1n) is 8.36. The van der Waals surface area contributed by atoms with E-state index in [-0.39, 0.29) is 19.1 Å². The zero-order valence-corrected chi connectivity index (χ0v) is 14.1. The van der Waals surface area contributed by atoms with Crippen LogP contribution < -0.4 is 0 Å². The van der Waals surface area contributed by atoms with Crippen molar-refractivity contribution in [2.45, 2.75) is 26.8 Å². The molecule has 0 bridgehead atoms. The van der Waals surface area contributed by atoms with Gasteiger partial charge in [-0.15, -0.1) is 0 Å². The van der Waals surface area contributed by atoms with Crippen molar-refractivity contribution < 1.29 is 14.3 Å². The molecule has 1 aliphatic heterocycles. The summed E-state index contributed by atoms with van der Waals surface area (Å²) in [5, 5.41) is 0. The predicted molar refractivity (Wildman–Crippen MR) is 90.2 cm³/mol. The van der Waals surface area contributed by atoms with Crippen LogP contribution in [0, 0.1) is 11.8 Å². The first-order chi connectivity index (χ1) is 11.5. The van der Waals surface area contributed by atoms with Crippen molar-refractivity contribution in [3.63, 3.8) is 0 Å². The van der Waals surface area contributed by atoms with Crippen LogP contribution in [-0.2, 0) is 20.9 Å². The van der Waals surface area contributed by atoms with Gasteiger partial charge in [0.2, 0.25) is 0 Å². The molecule has 6 nitrogen and oxygen atoms in total. The molecule has 128 valence electrons. The molecule has 2 heterocycles. The van der Waals surface area contributed by atoms with E-state index in [4.69, 9.17) is 4.74 Å². The van der Waals surface area contributed by atoms with Gasteiger partial charge in [-0.1, -0.05) is 26.0 Å². The summed E-state index contributed by atoms with van der Waals surface area (Å²) >= 11 is 0. The number of hydrogen-bond acceptors (Lipinski definition) is 4. The summed E-state index contributed by atoms with van der Waals surface area (Å²) in [7, 11) is 0. The van der Waals surface area contributed by atoms with Gasteiger partial charge in [-0.25, -0.2) is 4.98 Å². The Labute approximate surface area is 141 Å². The lowest BCUT2D eigenvalue weighted by Crippen LogP contribution is -2.44. The van der Waals surface area contributed by atoms with Crippen LogP contribution in [0.5, 0.6) is 0 Å². The van der Waals surface area contributed by atoms with Crippen LogP contribution in [0.4, 0.5) is 0 Å². The Morgan fingerprint density at radius 2 is 1.92 bits per heavy atom. The fourth-order valence-electron chi connectivity index (χ4n) is 3.42. The molecule has 24 heavy (non-hydrogen) atoms. The number of imidazole rings is 1. The largest absolute Gasteiger partial charge is 0.454 e. The molecule has 2 atom stereocenters. The van der Waals surface area contributed by atoms with Gasteiger partial charge in [0.05, 0.1) is 17.4 Å². The lowest BCUT2D eigenvalue weighted by Gasteiger charge is -2.34. The third-order valence-corrected chi connectivity index (χ3v) is 4.41. The van der Waals surface area contributed by atoms with E-state index in [9.17, 15) is 9.59 Å². The molecule has 1 aromatic heterocycles. The number of likely N-dealkylation sites (tertiary alicyclic amines) is 1. The molecule has 1 aromatic carbocycles. The molecule has 2 unspecified atom stereocenters. The molecule has 0 aliphatic carbocycles. The highest BCUT2D eigenvalue weighted by atomic mass is 16.5. The molecule has 0 N–H and O–H groups in total. The van der Waals surface area contributed by atoms with E-state index in [1.165, 1.54) is 0 Å². The lowest BCUT2D eigenvalue weighted by molar-refractivity contribution is -0.153. The number of carbonyl (C=O) groups excluding carboxylic acids is 2. The zero-order valence-electron chi connectivity index (χ0n) is 14.1. The van der Waals surface area contributed by atoms with Gasteiger partial charge in [0.15, 0.2) is 6.61 Å². The maximum absolute atomic E-state index is 12.2. The van der Waals surface area contributed by atoms with Crippen LogP contribution in [0.3, 0.4) is 0 Å². The molecule has 6 heteroatoms. The number of esters is 1. The van der Waals surface area contributed by atoms with Crippen LogP contribution in [0.2, 0.25) is 0 Å². The van der Waals surface area contributed by atoms with Crippen molar-refractivity contribution in [1.29, 1.82) is 0 Å². The standard InChI is InChI=1S/C18H23N3O3/c1-13-7-14(2)9-20(8-13)17(22)11-24-18(23)10-21-12-19-15-5-3-4-6-16(15)21/h3-6,12-14H,7-11H2,1-2H3. The highest BCUT2D eigenvalue weighted by Gasteiger charge is 2.25. The molecule has 1 aliphatic rings.